The quantitative estimate of drug-likeness (QED) is 0.754. The normalized spacial score (nSPS) is 10.9. The summed E-state index contributed by atoms with van der Waals surface area (Å²) in [6.45, 7) is 1.73. The molecule has 0 atom stereocenters. The number of hydrogen-bond acceptors (Lipinski definition) is 5. The van der Waals surface area contributed by atoms with E-state index in [0.717, 1.165) is 24.2 Å². The van der Waals surface area contributed by atoms with Crippen LogP contribution in [0, 0.1) is 0 Å². The Morgan fingerprint density at radius 3 is 3.06 bits per heavy atom. The Labute approximate surface area is 94.2 Å². The summed E-state index contributed by atoms with van der Waals surface area (Å²) in [6.07, 6.45) is 0. The van der Waals surface area contributed by atoms with E-state index in [1.54, 1.807) is 0 Å². The number of anilines is 2. The third kappa shape index (κ3) is 2.09. The van der Waals surface area contributed by atoms with Crippen LogP contribution in [0.4, 0.5) is 11.7 Å². The van der Waals surface area contributed by atoms with Crippen molar-refractivity contribution in [2.75, 3.05) is 37.8 Å². The van der Waals surface area contributed by atoms with Crippen molar-refractivity contribution in [3.8, 4) is 0 Å². The molecule has 1 heterocycles. The molecular formula is C11H16N4O. The Bertz CT molecular complexity index is 480. The van der Waals surface area contributed by atoms with Crippen molar-refractivity contribution in [2.45, 2.75) is 0 Å². The second-order valence-electron chi connectivity index (χ2n) is 3.75. The molecule has 1 aromatic carbocycles. The smallest absolute Gasteiger partial charge is 0.298 e. The lowest BCUT2D eigenvalue weighted by atomic mass is 10.3. The van der Waals surface area contributed by atoms with Crippen molar-refractivity contribution in [3.63, 3.8) is 0 Å². The zero-order valence-electron chi connectivity index (χ0n) is 9.53. The molecule has 1 aromatic heterocycles. The predicted octanol–water partition coefficient (Wildman–Crippen LogP) is 1.07. The van der Waals surface area contributed by atoms with Crippen LogP contribution >= 0.6 is 0 Å². The van der Waals surface area contributed by atoms with Gasteiger partial charge in [0, 0.05) is 25.8 Å². The number of nitrogen functional groups attached to an aromatic ring is 1. The molecule has 0 saturated heterocycles. The molecule has 0 fully saturated rings. The van der Waals surface area contributed by atoms with Gasteiger partial charge in [0.15, 0.2) is 5.58 Å². The highest BCUT2D eigenvalue weighted by Gasteiger charge is 2.09. The van der Waals surface area contributed by atoms with Crippen molar-refractivity contribution in [3.05, 3.63) is 18.2 Å². The first-order valence-electron chi connectivity index (χ1n) is 5.22. The van der Waals surface area contributed by atoms with Gasteiger partial charge in [0.25, 0.3) is 6.01 Å². The summed E-state index contributed by atoms with van der Waals surface area (Å²) >= 11 is 0. The van der Waals surface area contributed by atoms with Crippen LogP contribution in [0.1, 0.15) is 0 Å². The Hall–Kier alpha value is -1.75. The lowest BCUT2D eigenvalue weighted by Gasteiger charge is -2.13. The molecule has 2 rings (SSSR count). The van der Waals surface area contributed by atoms with Gasteiger partial charge in [0.05, 0.1) is 0 Å². The Morgan fingerprint density at radius 2 is 2.31 bits per heavy atom. The summed E-state index contributed by atoms with van der Waals surface area (Å²) in [5.74, 6) is 0. The zero-order valence-corrected chi connectivity index (χ0v) is 9.53. The van der Waals surface area contributed by atoms with Crippen LogP contribution in [0.25, 0.3) is 11.1 Å². The minimum atomic E-state index is 0.621. The highest BCUT2D eigenvalue weighted by atomic mass is 16.4. The van der Waals surface area contributed by atoms with Crippen LogP contribution in [0.3, 0.4) is 0 Å². The molecule has 5 nitrogen and oxygen atoms in total. The first kappa shape index (κ1) is 10.8. The summed E-state index contributed by atoms with van der Waals surface area (Å²) in [6, 6.07) is 6.09. The minimum Gasteiger partial charge on any atom is -0.423 e. The molecule has 86 valence electrons. The van der Waals surface area contributed by atoms with Gasteiger partial charge < -0.3 is 20.4 Å². The number of fused-ring (bicyclic) bond motifs is 1. The summed E-state index contributed by atoms with van der Waals surface area (Å²) in [7, 11) is 3.87. The maximum Gasteiger partial charge on any atom is 0.298 e. The zero-order chi connectivity index (χ0) is 11.5. The van der Waals surface area contributed by atoms with Gasteiger partial charge in [-0.2, -0.15) is 4.98 Å². The molecule has 0 aliphatic heterocycles. The first-order chi connectivity index (χ1) is 7.70. The number of aromatic nitrogens is 1. The number of rotatable bonds is 4. The topological polar surface area (TPSA) is 67.3 Å². The molecule has 5 heteroatoms. The van der Waals surface area contributed by atoms with E-state index in [-0.39, 0.29) is 0 Å². The monoisotopic (exact) mass is 220 g/mol. The minimum absolute atomic E-state index is 0.621. The van der Waals surface area contributed by atoms with Crippen LogP contribution in [-0.2, 0) is 0 Å². The second kappa shape index (κ2) is 4.40. The van der Waals surface area contributed by atoms with Gasteiger partial charge in [0.2, 0.25) is 0 Å². The van der Waals surface area contributed by atoms with Crippen molar-refractivity contribution < 1.29 is 4.42 Å². The maximum atomic E-state index is 5.68. The van der Waals surface area contributed by atoms with Crippen molar-refractivity contribution in [1.82, 2.24) is 10.3 Å². The average Bonchev–Trinajstić information content (AvgIpc) is 2.68. The van der Waals surface area contributed by atoms with E-state index >= 15 is 0 Å². The third-order valence-electron chi connectivity index (χ3n) is 2.42. The molecule has 16 heavy (non-hydrogen) atoms. The molecular weight excluding hydrogens is 204 g/mol. The largest absolute Gasteiger partial charge is 0.423 e. The van der Waals surface area contributed by atoms with E-state index in [4.69, 9.17) is 10.2 Å². The van der Waals surface area contributed by atoms with Crippen molar-refractivity contribution >= 4 is 22.8 Å². The fourth-order valence-corrected chi connectivity index (χ4v) is 1.47. The molecule has 0 saturated carbocycles. The van der Waals surface area contributed by atoms with Crippen LogP contribution in [-0.4, -0.2) is 32.2 Å². The molecule has 3 N–H and O–H groups in total. The molecule has 0 bridgehead atoms. The number of benzene rings is 1. The number of nitrogens with zero attached hydrogens (tertiary/aromatic N) is 2. The number of oxazole rings is 1. The summed E-state index contributed by atoms with van der Waals surface area (Å²) in [5, 5.41) is 3.08. The van der Waals surface area contributed by atoms with Gasteiger partial charge in [-0.05, 0) is 25.2 Å². The van der Waals surface area contributed by atoms with Gasteiger partial charge in [-0.3, -0.25) is 0 Å². The molecule has 0 amide bonds. The number of nitrogens with one attached hydrogen (secondary N) is 1. The van der Waals surface area contributed by atoms with Gasteiger partial charge in [-0.25, -0.2) is 0 Å². The van der Waals surface area contributed by atoms with E-state index < -0.39 is 0 Å². The standard InChI is InChI=1S/C11H16N4O/c1-13-5-6-15(2)11-14-9-7-8(12)3-4-10(9)16-11/h3-4,7,13H,5-6,12H2,1-2H3. The summed E-state index contributed by atoms with van der Waals surface area (Å²) < 4.78 is 5.61. The van der Waals surface area contributed by atoms with Gasteiger partial charge in [0.1, 0.15) is 5.52 Å². The average molecular weight is 220 g/mol. The lowest BCUT2D eigenvalue weighted by Crippen LogP contribution is -2.27. The third-order valence-corrected chi connectivity index (χ3v) is 2.42. The van der Waals surface area contributed by atoms with Crippen molar-refractivity contribution in [1.29, 1.82) is 0 Å². The Morgan fingerprint density at radius 1 is 1.50 bits per heavy atom. The number of nitrogens with two attached hydrogens (primary N) is 1. The Kier molecular flexibility index (Phi) is 2.96. The van der Waals surface area contributed by atoms with E-state index in [2.05, 4.69) is 10.3 Å². The van der Waals surface area contributed by atoms with Crippen LogP contribution in [0.15, 0.2) is 22.6 Å². The van der Waals surface area contributed by atoms with E-state index in [0.29, 0.717) is 11.7 Å². The fourth-order valence-electron chi connectivity index (χ4n) is 1.47. The second-order valence-corrected chi connectivity index (χ2v) is 3.75. The van der Waals surface area contributed by atoms with E-state index in [1.807, 2.05) is 37.2 Å². The molecule has 2 aromatic rings. The van der Waals surface area contributed by atoms with Crippen LogP contribution in [0.5, 0.6) is 0 Å². The van der Waals surface area contributed by atoms with Crippen LogP contribution in [0.2, 0.25) is 0 Å². The summed E-state index contributed by atoms with van der Waals surface area (Å²) in [5.41, 5.74) is 7.95. The molecule has 0 spiro atoms. The summed E-state index contributed by atoms with van der Waals surface area (Å²) in [4.78, 5) is 6.34. The van der Waals surface area contributed by atoms with Crippen molar-refractivity contribution in [2.24, 2.45) is 0 Å². The van der Waals surface area contributed by atoms with Gasteiger partial charge in [-0.15, -0.1) is 0 Å². The first-order valence-corrected chi connectivity index (χ1v) is 5.22. The fraction of sp³-hybridized carbons (Fsp3) is 0.364. The number of hydrogen-bond donors (Lipinski definition) is 2. The Balaban J connectivity index is 2.25. The molecule has 0 aliphatic carbocycles. The van der Waals surface area contributed by atoms with Crippen LogP contribution < -0.4 is 16.0 Å². The molecule has 0 radical (unpaired) electrons. The highest BCUT2D eigenvalue weighted by Crippen LogP contribution is 2.22. The van der Waals surface area contributed by atoms with E-state index in [9.17, 15) is 0 Å². The lowest BCUT2D eigenvalue weighted by molar-refractivity contribution is 0.579. The SMILES string of the molecule is CNCCN(C)c1nc2cc(N)ccc2o1. The predicted molar refractivity (Wildman–Crippen MR) is 65.6 cm³/mol. The van der Waals surface area contributed by atoms with E-state index in [1.165, 1.54) is 0 Å². The van der Waals surface area contributed by atoms with Gasteiger partial charge >= 0.3 is 0 Å². The number of likely N-dealkylation sites (N-methyl/N-ethyl adjacent to an activating group) is 2. The van der Waals surface area contributed by atoms with Gasteiger partial charge in [-0.1, -0.05) is 0 Å². The maximum absolute atomic E-state index is 5.68. The molecule has 0 aliphatic rings. The highest BCUT2D eigenvalue weighted by molar-refractivity contribution is 5.78. The molecule has 0 unspecified atom stereocenters.